The zero-order valence-corrected chi connectivity index (χ0v) is 9.45. The SMILES string of the molecule is Fc1cc(N2CCCC2)c(F)c(Br)c1F. The van der Waals surface area contributed by atoms with Crippen LogP contribution in [0.3, 0.4) is 0 Å². The molecule has 0 bridgehead atoms. The van der Waals surface area contributed by atoms with Crippen molar-refractivity contribution in [3.05, 3.63) is 28.0 Å². The maximum atomic E-state index is 13.6. The Labute approximate surface area is 94.0 Å². The quantitative estimate of drug-likeness (QED) is 0.562. The molecule has 1 aromatic rings. The third kappa shape index (κ3) is 1.85. The standard InChI is InChI=1S/C10H9BrF3N/c11-8-9(13)6(12)5-7(10(8)14)15-3-1-2-4-15/h5H,1-4H2. The Hall–Kier alpha value is -0.710. The molecule has 15 heavy (non-hydrogen) atoms. The minimum Gasteiger partial charge on any atom is -0.369 e. The van der Waals surface area contributed by atoms with Crippen LogP contribution >= 0.6 is 15.9 Å². The second-order valence-corrected chi connectivity index (χ2v) is 4.31. The monoisotopic (exact) mass is 279 g/mol. The highest BCUT2D eigenvalue weighted by Crippen LogP contribution is 2.32. The molecule has 0 amide bonds. The van der Waals surface area contributed by atoms with E-state index >= 15 is 0 Å². The lowest BCUT2D eigenvalue weighted by molar-refractivity contribution is 0.487. The summed E-state index contributed by atoms with van der Waals surface area (Å²) >= 11 is 2.71. The van der Waals surface area contributed by atoms with Crippen molar-refractivity contribution in [2.75, 3.05) is 18.0 Å². The minimum absolute atomic E-state index is 0.137. The van der Waals surface area contributed by atoms with Crippen molar-refractivity contribution in [2.24, 2.45) is 0 Å². The molecule has 1 aromatic carbocycles. The van der Waals surface area contributed by atoms with Crippen LogP contribution in [-0.4, -0.2) is 13.1 Å². The fourth-order valence-corrected chi connectivity index (χ4v) is 2.14. The van der Waals surface area contributed by atoms with Crippen molar-refractivity contribution in [1.29, 1.82) is 0 Å². The number of nitrogens with zero attached hydrogens (tertiary/aromatic N) is 1. The molecule has 1 nitrogen and oxygen atoms in total. The summed E-state index contributed by atoms with van der Waals surface area (Å²) in [6.45, 7) is 1.38. The topological polar surface area (TPSA) is 3.24 Å². The summed E-state index contributed by atoms with van der Waals surface area (Å²) in [4.78, 5) is 1.72. The first kappa shape index (κ1) is 10.8. The lowest BCUT2D eigenvalue weighted by Gasteiger charge is -2.19. The molecule has 1 aliphatic rings. The van der Waals surface area contributed by atoms with E-state index in [-0.39, 0.29) is 5.69 Å². The molecule has 2 rings (SSSR count). The van der Waals surface area contributed by atoms with E-state index in [9.17, 15) is 13.2 Å². The zero-order valence-electron chi connectivity index (χ0n) is 7.86. The van der Waals surface area contributed by atoms with E-state index in [4.69, 9.17) is 0 Å². The van der Waals surface area contributed by atoms with Crippen molar-refractivity contribution >= 4 is 21.6 Å². The Balaban J connectivity index is 2.47. The normalized spacial score (nSPS) is 16.1. The van der Waals surface area contributed by atoms with Gasteiger partial charge in [-0.3, -0.25) is 0 Å². The van der Waals surface area contributed by atoms with Gasteiger partial charge in [0.05, 0.1) is 10.2 Å². The van der Waals surface area contributed by atoms with E-state index in [1.54, 1.807) is 4.90 Å². The lowest BCUT2D eigenvalue weighted by atomic mass is 10.2. The molecule has 0 N–H and O–H groups in total. The van der Waals surface area contributed by atoms with Gasteiger partial charge in [0.2, 0.25) is 0 Å². The van der Waals surface area contributed by atoms with Gasteiger partial charge < -0.3 is 4.90 Å². The molecular formula is C10H9BrF3N. The van der Waals surface area contributed by atoms with Crippen LogP contribution in [0.2, 0.25) is 0 Å². The van der Waals surface area contributed by atoms with Gasteiger partial charge in [0.1, 0.15) is 0 Å². The summed E-state index contributed by atoms with van der Waals surface area (Å²) in [5.41, 5.74) is 0.137. The maximum absolute atomic E-state index is 13.6. The van der Waals surface area contributed by atoms with Crippen LogP contribution < -0.4 is 4.90 Å². The minimum atomic E-state index is -1.17. The maximum Gasteiger partial charge on any atom is 0.176 e. The predicted octanol–water partition coefficient (Wildman–Crippen LogP) is 3.47. The highest BCUT2D eigenvalue weighted by Gasteiger charge is 2.22. The third-order valence-electron chi connectivity index (χ3n) is 2.53. The van der Waals surface area contributed by atoms with Crippen LogP contribution in [0.1, 0.15) is 12.8 Å². The third-order valence-corrected chi connectivity index (χ3v) is 3.23. The first-order valence-corrected chi connectivity index (χ1v) is 5.48. The van der Waals surface area contributed by atoms with E-state index in [1.807, 2.05) is 0 Å². The average Bonchev–Trinajstić information content (AvgIpc) is 2.73. The van der Waals surface area contributed by atoms with Gasteiger partial charge in [0.25, 0.3) is 0 Å². The average molecular weight is 280 g/mol. The Morgan fingerprint density at radius 2 is 1.67 bits per heavy atom. The molecular weight excluding hydrogens is 271 g/mol. The van der Waals surface area contributed by atoms with Gasteiger partial charge in [-0.1, -0.05) is 0 Å². The molecule has 0 atom stereocenters. The van der Waals surface area contributed by atoms with Gasteiger partial charge in [-0.05, 0) is 28.8 Å². The molecule has 1 aliphatic heterocycles. The molecule has 0 aliphatic carbocycles. The van der Waals surface area contributed by atoms with Crippen molar-refractivity contribution in [1.82, 2.24) is 0 Å². The molecule has 0 aromatic heterocycles. The highest BCUT2D eigenvalue weighted by atomic mass is 79.9. The van der Waals surface area contributed by atoms with Crippen molar-refractivity contribution < 1.29 is 13.2 Å². The van der Waals surface area contributed by atoms with Gasteiger partial charge in [0.15, 0.2) is 17.5 Å². The Morgan fingerprint density at radius 3 is 2.27 bits per heavy atom. The summed E-state index contributed by atoms with van der Waals surface area (Å²) in [6.07, 6.45) is 1.91. The number of anilines is 1. The van der Waals surface area contributed by atoms with E-state index in [1.165, 1.54) is 0 Å². The molecule has 0 unspecified atom stereocenters. The number of hydrogen-bond acceptors (Lipinski definition) is 1. The lowest BCUT2D eigenvalue weighted by Crippen LogP contribution is -2.19. The zero-order chi connectivity index (χ0) is 11.0. The van der Waals surface area contributed by atoms with E-state index in [2.05, 4.69) is 15.9 Å². The highest BCUT2D eigenvalue weighted by molar-refractivity contribution is 9.10. The van der Waals surface area contributed by atoms with Crippen LogP contribution in [0.15, 0.2) is 10.5 Å². The van der Waals surface area contributed by atoms with E-state index < -0.39 is 21.9 Å². The van der Waals surface area contributed by atoms with Crippen LogP contribution in [-0.2, 0) is 0 Å². The molecule has 1 saturated heterocycles. The Kier molecular flexibility index (Phi) is 2.91. The fourth-order valence-electron chi connectivity index (χ4n) is 1.75. The van der Waals surface area contributed by atoms with Crippen LogP contribution in [0.5, 0.6) is 0 Å². The molecule has 0 saturated carbocycles. The molecule has 82 valence electrons. The fraction of sp³-hybridized carbons (Fsp3) is 0.400. The van der Waals surface area contributed by atoms with Crippen molar-refractivity contribution in [3.8, 4) is 0 Å². The van der Waals surface area contributed by atoms with Crippen molar-refractivity contribution in [2.45, 2.75) is 12.8 Å². The number of halogens is 4. The van der Waals surface area contributed by atoms with Crippen LogP contribution in [0.25, 0.3) is 0 Å². The first-order chi connectivity index (χ1) is 7.11. The first-order valence-electron chi connectivity index (χ1n) is 4.69. The summed E-state index contributed by atoms with van der Waals surface area (Å²) in [7, 11) is 0. The number of rotatable bonds is 1. The van der Waals surface area contributed by atoms with Gasteiger partial charge >= 0.3 is 0 Å². The van der Waals surface area contributed by atoms with Gasteiger partial charge in [0, 0.05) is 19.2 Å². The predicted molar refractivity (Wildman–Crippen MR) is 55.5 cm³/mol. The Bertz CT molecular complexity index is 389. The van der Waals surface area contributed by atoms with E-state index in [0.717, 1.165) is 18.9 Å². The molecule has 0 radical (unpaired) electrons. The number of benzene rings is 1. The second-order valence-electron chi connectivity index (χ2n) is 3.51. The van der Waals surface area contributed by atoms with Gasteiger partial charge in [-0.2, -0.15) is 0 Å². The van der Waals surface area contributed by atoms with Crippen LogP contribution in [0, 0.1) is 17.5 Å². The molecule has 1 fully saturated rings. The Morgan fingerprint density at radius 1 is 1.07 bits per heavy atom. The smallest absolute Gasteiger partial charge is 0.176 e. The summed E-state index contributed by atoms with van der Waals surface area (Å²) in [6, 6.07) is 0.917. The summed E-state index contributed by atoms with van der Waals surface area (Å²) < 4.78 is 39.2. The molecule has 5 heteroatoms. The van der Waals surface area contributed by atoms with Gasteiger partial charge in [-0.15, -0.1) is 0 Å². The van der Waals surface area contributed by atoms with Crippen LogP contribution in [0.4, 0.5) is 18.9 Å². The molecule has 0 spiro atoms. The van der Waals surface area contributed by atoms with Gasteiger partial charge in [-0.25, -0.2) is 13.2 Å². The van der Waals surface area contributed by atoms with E-state index in [0.29, 0.717) is 13.1 Å². The largest absolute Gasteiger partial charge is 0.369 e. The van der Waals surface area contributed by atoms with Crippen molar-refractivity contribution in [3.63, 3.8) is 0 Å². The molecule has 1 heterocycles. The summed E-state index contributed by atoms with van der Waals surface area (Å²) in [5.74, 6) is -2.92. The summed E-state index contributed by atoms with van der Waals surface area (Å²) in [5, 5.41) is 0. The second kappa shape index (κ2) is 4.04. The number of hydrogen-bond donors (Lipinski definition) is 0.